The molecule has 0 fully saturated rings. The second-order valence-electron chi connectivity index (χ2n) is 1.86. The summed E-state index contributed by atoms with van der Waals surface area (Å²) in [4.78, 5) is 0. The van der Waals surface area contributed by atoms with Crippen LogP contribution in [0.4, 0.5) is 13.2 Å². The van der Waals surface area contributed by atoms with Crippen molar-refractivity contribution in [3.63, 3.8) is 0 Å². The van der Waals surface area contributed by atoms with Gasteiger partial charge in [0.05, 0.1) is 5.56 Å². The molecule has 0 N–H and O–H groups in total. The van der Waals surface area contributed by atoms with Crippen LogP contribution in [0.2, 0.25) is 0 Å². The molecule has 0 amide bonds. The quantitative estimate of drug-likeness (QED) is 0.625. The molecule has 0 atom stereocenters. The molecule has 0 nitrogen and oxygen atoms in total. The molecule has 0 unspecified atom stereocenters. The van der Waals surface area contributed by atoms with Gasteiger partial charge in [0, 0.05) is 32.7 Å². The Kier molecular flexibility index (Phi) is 13.6. The van der Waals surface area contributed by atoms with E-state index < -0.39 is 11.7 Å². The maximum Gasteiger partial charge on any atom is 0.416 e. The number of hydrogen-bond donors (Lipinski definition) is 0. The van der Waals surface area contributed by atoms with Crippen LogP contribution in [0.5, 0.6) is 0 Å². The van der Waals surface area contributed by atoms with E-state index >= 15 is 0 Å². The second kappa shape index (κ2) is 9.66. The molecular formula is C10H14F3Y-. The van der Waals surface area contributed by atoms with Crippen LogP contribution in [-0.4, -0.2) is 0 Å². The summed E-state index contributed by atoms with van der Waals surface area (Å²) in [7, 11) is 0. The van der Waals surface area contributed by atoms with Crippen molar-refractivity contribution in [2.45, 2.75) is 20.0 Å². The van der Waals surface area contributed by atoms with Crippen molar-refractivity contribution in [2.75, 3.05) is 0 Å². The fourth-order valence-electron chi connectivity index (χ4n) is 0.627. The minimum absolute atomic E-state index is 0. The molecule has 4 heteroatoms. The molecule has 0 aliphatic carbocycles. The average molecular weight is 280 g/mol. The molecule has 0 aliphatic heterocycles. The number of halogens is 3. The van der Waals surface area contributed by atoms with Gasteiger partial charge in [0.15, 0.2) is 0 Å². The standard InChI is InChI=1S/C7H5F3.C2H6.CH3.Y/c8-7(9,10)6-4-2-1-3-5-6;1-2;;/h1-5H;1-2H3;1H3;/q;;-1;. The van der Waals surface area contributed by atoms with E-state index in [2.05, 4.69) is 0 Å². The first kappa shape index (κ1) is 19.7. The third kappa shape index (κ3) is 7.51. The molecule has 0 aromatic heterocycles. The smallest absolute Gasteiger partial charge is 0.358 e. The van der Waals surface area contributed by atoms with Crippen molar-refractivity contribution in [3.05, 3.63) is 43.3 Å². The third-order valence-electron chi connectivity index (χ3n) is 1.10. The van der Waals surface area contributed by atoms with Gasteiger partial charge in [-0.2, -0.15) is 13.2 Å². The summed E-state index contributed by atoms with van der Waals surface area (Å²) in [6.07, 6.45) is -4.21. The van der Waals surface area contributed by atoms with E-state index in [0.29, 0.717) is 0 Å². The molecule has 0 aliphatic rings. The molecule has 1 aromatic carbocycles. The SMILES string of the molecule is CC.FC(F)(F)c1ccccc1.[CH3-].[Y]. The Morgan fingerprint density at radius 2 is 1.29 bits per heavy atom. The van der Waals surface area contributed by atoms with Gasteiger partial charge in [0.25, 0.3) is 0 Å². The Labute approximate surface area is 109 Å². The van der Waals surface area contributed by atoms with Crippen LogP contribution < -0.4 is 0 Å². The topological polar surface area (TPSA) is 0 Å². The zero-order valence-electron chi connectivity index (χ0n) is 8.60. The van der Waals surface area contributed by atoms with Gasteiger partial charge in [0.2, 0.25) is 0 Å². The average Bonchev–Trinajstić information content (AvgIpc) is 2.08. The molecule has 1 aromatic rings. The first-order valence-electron chi connectivity index (χ1n) is 3.73. The zero-order valence-corrected chi connectivity index (χ0v) is 11.4. The van der Waals surface area contributed by atoms with Crippen LogP contribution in [0.15, 0.2) is 30.3 Å². The fraction of sp³-hybridized carbons (Fsp3) is 0.300. The summed E-state index contributed by atoms with van der Waals surface area (Å²) in [5.41, 5.74) is -0.602. The largest absolute Gasteiger partial charge is 0.416 e. The van der Waals surface area contributed by atoms with Crippen LogP contribution in [-0.2, 0) is 38.9 Å². The minimum Gasteiger partial charge on any atom is -0.358 e. The Morgan fingerprint density at radius 3 is 1.50 bits per heavy atom. The predicted octanol–water partition coefficient (Wildman–Crippen LogP) is 4.18. The van der Waals surface area contributed by atoms with Gasteiger partial charge in [-0.3, -0.25) is 0 Å². The Bertz CT molecular complexity index is 206. The van der Waals surface area contributed by atoms with Crippen molar-refractivity contribution >= 4 is 0 Å². The second-order valence-corrected chi connectivity index (χ2v) is 1.86. The summed E-state index contributed by atoms with van der Waals surface area (Å²) in [6.45, 7) is 4.00. The monoisotopic (exact) mass is 280 g/mol. The normalized spacial score (nSPS) is 8.64. The molecular weight excluding hydrogens is 266 g/mol. The molecule has 14 heavy (non-hydrogen) atoms. The number of alkyl halides is 3. The van der Waals surface area contributed by atoms with Crippen molar-refractivity contribution in [3.8, 4) is 0 Å². The van der Waals surface area contributed by atoms with Crippen molar-refractivity contribution in [1.82, 2.24) is 0 Å². The van der Waals surface area contributed by atoms with Crippen LogP contribution in [0.25, 0.3) is 0 Å². The van der Waals surface area contributed by atoms with Gasteiger partial charge in [-0.1, -0.05) is 44.2 Å². The van der Waals surface area contributed by atoms with Crippen molar-refractivity contribution in [2.24, 2.45) is 0 Å². The first-order valence-corrected chi connectivity index (χ1v) is 3.73. The summed E-state index contributed by atoms with van der Waals surface area (Å²) in [5.74, 6) is 0. The number of rotatable bonds is 0. The Morgan fingerprint density at radius 1 is 0.929 bits per heavy atom. The number of hydrogen-bond acceptors (Lipinski definition) is 0. The van der Waals surface area contributed by atoms with Crippen LogP contribution in [0.1, 0.15) is 19.4 Å². The van der Waals surface area contributed by atoms with Crippen LogP contribution in [0, 0.1) is 7.43 Å². The van der Waals surface area contributed by atoms with Gasteiger partial charge >= 0.3 is 6.18 Å². The third-order valence-corrected chi connectivity index (χ3v) is 1.10. The van der Waals surface area contributed by atoms with Gasteiger partial charge in [-0.05, 0) is 0 Å². The van der Waals surface area contributed by atoms with E-state index in [1.807, 2.05) is 13.8 Å². The molecule has 0 saturated carbocycles. The van der Waals surface area contributed by atoms with E-state index in [4.69, 9.17) is 0 Å². The predicted molar refractivity (Wildman–Crippen MR) is 49.2 cm³/mol. The summed E-state index contributed by atoms with van der Waals surface area (Å²) < 4.78 is 35.4. The Balaban J connectivity index is -0.000000284. The Hall–Kier alpha value is 0.114. The zero-order chi connectivity index (χ0) is 9.61. The fourth-order valence-corrected chi connectivity index (χ4v) is 0.627. The summed E-state index contributed by atoms with van der Waals surface area (Å²) >= 11 is 0. The van der Waals surface area contributed by atoms with Crippen molar-refractivity contribution < 1.29 is 45.9 Å². The van der Waals surface area contributed by atoms with E-state index in [1.165, 1.54) is 12.1 Å². The molecule has 0 bridgehead atoms. The van der Waals surface area contributed by atoms with Gasteiger partial charge < -0.3 is 7.43 Å². The molecule has 0 heterocycles. The van der Waals surface area contributed by atoms with E-state index in [0.717, 1.165) is 12.1 Å². The number of benzene rings is 1. The van der Waals surface area contributed by atoms with Crippen molar-refractivity contribution in [1.29, 1.82) is 0 Å². The minimum atomic E-state index is -4.21. The van der Waals surface area contributed by atoms with E-state index in [9.17, 15) is 13.2 Å². The maximum atomic E-state index is 11.8. The summed E-state index contributed by atoms with van der Waals surface area (Å²) in [6, 6.07) is 6.36. The summed E-state index contributed by atoms with van der Waals surface area (Å²) in [5, 5.41) is 0. The van der Waals surface area contributed by atoms with Crippen LogP contribution >= 0.6 is 0 Å². The first-order chi connectivity index (χ1) is 5.61. The van der Waals surface area contributed by atoms with Gasteiger partial charge in [-0.25, -0.2) is 0 Å². The van der Waals surface area contributed by atoms with Crippen LogP contribution in [0.3, 0.4) is 0 Å². The molecule has 0 saturated heterocycles. The molecule has 1 rings (SSSR count). The van der Waals surface area contributed by atoms with Gasteiger partial charge in [-0.15, -0.1) is 0 Å². The maximum absolute atomic E-state index is 11.8. The van der Waals surface area contributed by atoms with E-state index in [1.54, 1.807) is 6.07 Å². The molecule has 0 spiro atoms. The van der Waals surface area contributed by atoms with E-state index in [-0.39, 0.29) is 40.1 Å². The van der Waals surface area contributed by atoms with Gasteiger partial charge in [0.1, 0.15) is 0 Å². The molecule has 1 radical (unpaired) electrons. The molecule has 79 valence electrons.